The number of likely N-dealkylation sites (N-methyl/N-ethyl adjacent to an activating group) is 1. The van der Waals surface area contributed by atoms with Crippen molar-refractivity contribution in [2.75, 3.05) is 13.6 Å². The molecule has 28 heavy (non-hydrogen) atoms. The van der Waals surface area contributed by atoms with Gasteiger partial charge in [0.2, 0.25) is 5.95 Å². The molecule has 4 aromatic rings. The first-order valence-electron chi connectivity index (χ1n) is 8.69. The molecule has 1 atom stereocenters. The molecule has 0 saturated carbocycles. The van der Waals surface area contributed by atoms with Crippen LogP contribution in [0.15, 0.2) is 37.1 Å². The second-order valence-corrected chi connectivity index (χ2v) is 6.42. The predicted molar refractivity (Wildman–Crippen MR) is 99.6 cm³/mol. The number of rotatable bonds is 6. The molecule has 4 rings (SSSR count). The maximum absolute atomic E-state index is 14.4. The van der Waals surface area contributed by atoms with Crippen molar-refractivity contribution in [2.24, 2.45) is 7.05 Å². The molecule has 0 aliphatic carbocycles. The Labute approximate surface area is 160 Å². The molecule has 0 fully saturated rings. The van der Waals surface area contributed by atoms with Crippen LogP contribution in [0, 0.1) is 17.3 Å². The minimum Gasteiger partial charge on any atom is -0.318 e. The molecular formula is C18H18FN9. The number of imidazole rings is 1. The van der Waals surface area contributed by atoms with Crippen LogP contribution in [-0.4, -0.2) is 47.5 Å². The summed E-state index contributed by atoms with van der Waals surface area (Å²) in [5, 5.41) is 20.7. The average molecular weight is 379 g/mol. The highest BCUT2D eigenvalue weighted by molar-refractivity contribution is 5.68. The first kappa shape index (κ1) is 17.8. The normalized spacial score (nSPS) is 12.4. The van der Waals surface area contributed by atoms with Crippen LogP contribution in [-0.2, 0) is 7.05 Å². The van der Waals surface area contributed by atoms with E-state index in [9.17, 15) is 4.39 Å². The topological polar surface area (TPSA) is 102 Å². The molecule has 0 aromatic carbocycles. The highest BCUT2D eigenvalue weighted by Crippen LogP contribution is 2.26. The van der Waals surface area contributed by atoms with E-state index in [0.29, 0.717) is 35.7 Å². The van der Waals surface area contributed by atoms with Crippen molar-refractivity contribution < 1.29 is 4.39 Å². The molecule has 10 heteroatoms. The summed E-state index contributed by atoms with van der Waals surface area (Å²) in [6, 6.07) is 3.75. The van der Waals surface area contributed by atoms with Gasteiger partial charge in [-0.15, -0.1) is 0 Å². The third-order valence-electron chi connectivity index (χ3n) is 4.45. The molecule has 0 aliphatic rings. The number of aromatic nitrogens is 7. The van der Waals surface area contributed by atoms with Gasteiger partial charge in [0.15, 0.2) is 5.82 Å². The van der Waals surface area contributed by atoms with Gasteiger partial charge in [-0.3, -0.25) is 13.8 Å². The Kier molecular flexibility index (Phi) is 4.58. The standard InChI is InChI=1S/C18H18FN9/c1-21-8-14(3-4-20)27-11-13(7-24-27)18-25-15(12-6-23-26(2)10-12)5-17-22-9-16(19)28(17)18/h5-7,9-11,14,21H,3,8H2,1-2H3. The van der Waals surface area contributed by atoms with Crippen LogP contribution in [0.1, 0.15) is 12.5 Å². The minimum absolute atomic E-state index is 0.131. The predicted octanol–water partition coefficient (Wildman–Crippen LogP) is 1.81. The van der Waals surface area contributed by atoms with E-state index in [2.05, 4.69) is 31.6 Å². The van der Waals surface area contributed by atoms with Crippen LogP contribution in [0.25, 0.3) is 28.3 Å². The summed E-state index contributed by atoms with van der Waals surface area (Å²) in [7, 11) is 3.64. The van der Waals surface area contributed by atoms with Gasteiger partial charge in [-0.25, -0.2) is 9.97 Å². The zero-order valence-corrected chi connectivity index (χ0v) is 15.4. The fourth-order valence-corrected chi connectivity index (χ4v) is 3.12. The monoisotopic (exact) mass is 379 g/mol. The largest absolute Gasteiger partial charge is 0.318 e. The Morgan fingerprint density at radius 3 is 2.75 bits per heavy atom. The third kappa shape index (κ3) is 3.12. The number of nitriles is 1. The Morgan fingerprint density at radius 2 is 2.04 bits per heavy atom. The molecule has 4 aromatic heterocycles. The highest BCUT2D eigenvalue weighted by Gasteiger charge is 2.18. The average Bonchev–Trinajstić information content (AvgIpc) is 3.41. The van der Waals surface area contributed by atoms with E-state index in [0.717, 1.165) is 11.8 Å². The van der Waals surface area contributed by atoms with Crippen LogP contribution in [0.3, 0.4) is 0 Å². The van der Waals surface area contributed by atoms with E-state index < -0.39 is 5.95 Å². The van der Waals surface area contributed by atoms with E-state index in [1.165, 1.54) is 4.40 Å². The van der Waals surface area contributed by atoms with Crippen molar-refractivity contribution in [1.82, 2.24) is 39.2 Å². The lowest BCUT2D eigenvalue weighted by Gasteiger charge is -2.13. The maximum atomic E-state index is 14.4. The molecule has 142 valence electrons. The third-order valence-corrected chi connectivity index (χ3v) is 4.45. The highest BCUT2D eigenvalue weighted by atomic mass is 19.1. The van der Waals surface area contributed by atoms with Gasteiger partial charge >= 0.3 is 0 Å². The number of aryl methyl sites for hydroxylation is 1. The molecule has 9 nitrogen and oxygen atoms in total. The lowest BCUT2D eigenvalue weighted by molar-refractivity contribution is 0.444. The molecule has 0 aliphatic heterocycles. The molecule has 0 bridgehead atoms. The van der Waals surface area contributed by atoms with Crippen LogP contribution in [0.5, 0.6) is 0 Å². The quantitative estimate of drug-likeness (QED) is 0.548. The second-order valence-electron chi connectivity index (χ2n) is 6.42. The van der Waals surface area contributed by atoms with Crippen molar-refractivity contribution in [3.63, 3.8) is 0 Å². The fourth-order valence-electron chi connectivity index (χ4n) is 3.12. The van der Waals surface area contributed by atoms with Gasteiger partial charge in [0.1, 0.15) is 5.65 Å². The Hall–Kier alpha value is -3.58. The van der Waals surface area contributed by atoms with Gasteiger partial charge < -0.3 is 5.32 Å². The summed E-state index contributed by atoms with van der Waals surface area (Å²) < 4.78 is 19.1. The molecule has 4 heterocycles. The summed E-state index contributed by atoms with van der Waals surface area (Å²) >= 11 is 0. The summed E-state index contributed by atoms with van der Waals surface area (Å²) in [5.41, 5.74) is 2.52. The molecule has 0 spiro atoms. The van der Waals surface area contributed by atoms with Crippen molar-refractivity contribution in [3.8, 4) is 28.7 Å². The lowest BCUT2D eigenvalue weighted by atomic mass is 10.2. The molecule has 0 radical (unpaired) electrons. The lowest BCUT2D eigenvalue weighted by Crippen LogP contribution is -2.22. The van der Waals surface area contributed by atoms with Gasteiger partial charge in [-0.05, 0) is 7.05 Å². The number of halogens is 1. The van der Waals surface area contributed by atoms with Gasteiger partial charge in [-0.1, -0.05) is 0 Å². The molecule has 1 unspecified atom stereocenters. The number of nitrogens with one attached hydrogen (secondary N) is 1. The van der Waals surface area contributed by atoms with Gasteiger partial charge in [0, 0.05) is 37.6 Å². The van der Waals surface area contributed by atoms with E-state index >= 15 is 0 Å². The second kappa shape index (κ2) is 7.21. The first-order valence-corrected chi connectivity index (χ1v) is 8.69. The fraction of sp³-hybridized carbons (Fsp3) is 0.278. The van der Waals surface area contributed by atoms with Gasteiger partial charge in [-0.2, -0.15) is 19.8 Å². The minimum atomic E-state index is -0.508. The number of nitrogens with zero attached hydrogens (tertiary/aromatic N) is 8. The first-order chi connectivity index (χ1) is 13.6. The van der Waals surface area contributed by atoms with Crippen LogP contribution >= 0.6 is 0 Å². The van der Waals surface area contributed by atoms with Gasteiger partial charge in [0.25, 0.3) is 0 Å². The Balaban J connectivity index is 1.84. The Morgan fingerprint density at radius 1 is 1.21 bits per heavy atom. The zero-order valence-electron chi connectivity index (χ0n) is 15.4. The van der Waals surface area contributed by atoms with E-state index in [1.54, 1.807) is 34.0 Å². The number of fused-ring (bicyclic) bond motifs is 1. The van der Waals surface area contributed by atoms with Gasteiger partial charge in [0.05, 0.1) is 48.4 Å². The van der Waals surface area contributed by atoms with Crippen molar-refractivity contribution in [3.05, 3.63) is 43.0 Å². The summed E-state index contributed by atoms with van der Waals surface area (Å²) in [4.78, 5) is 8.79. The SMILES string of the molecule is CNCC(CC#N)n1cc(-c2nc(-c3cnn(C)c3)cc3ncc(F)n23)cn1. The Bertz CT molecular complexity index is 1160. The summed E-state index contributed by atoms with van der Waals surface area (Å²) in [6.45, 7) is 0.590. The molecular weight excluding hydrogens is 361 g/mol. The molecule has 0 saturated heterocycles. The number of hydrogen-bond donors (Lipinski definition) is 1. The maximum Gasteiger partial charge on any atom is 0.219 e. The molecule has 0 amide bonds. The van der Waals surface area contributed by atoms with E-state index in [1.807, 2.05) is 20.3 Å². The zero-order chi connectivity index (χ0) is 19.7. The van der Waals surface area contributed by atoms with Crippen LogP contribution in [0.2, 0.25) is 0 Å². The van der Waals surface area contributed by atoms with Crippen molar-refractivity contribution >= 4 is 5.65 Å². The smallest absolute Gasteiger partial charge is 0.219 e. The number of hydrogen-bond acceptors (Lipinski definition) is 6. The van der Waals surface area contributed by atoms with E-state index in [4.69, 9.17) is 5.26 Å². The summed E-state index contributed by atoms with van der Waals surface area (Å²) in [6.07, 6.45) is 8.39. The van der Waals surface area contributed by atoms with Crippen LogP contribution < -0.4 is 5.32 Å². The van der Waals surface area contributed by atoms with Crippen LogP contribution in [0.4, 0.5) is 4.39 Å². The van der Waals surface area contributed by atoms with E-state index in [-0.39, 0.29) is 6.04 Å². The summed E-state index contributed by atoms with van der Waals surface area (Å²) in [5.74, 6) is -0.121. The molecule has 1 N–H and O–H groups in total. The van der Waals surface area contributed by atoms with Crippen molar-refractivity contribution in [2.45, 2.75) is 12.5 Å². The van der Waals surface area contributed by atoms with Crippen molar-refractivity contribution in [1.29, 1.82) is 5.26 Å².